The highest BCUT2D eigenvalue weighted by molar-refractivity contribution is 7.87. The molecule has 5 unspecified atom stereocenters. The van der Waals surface area contributed by atoms with Crippen LogP contribution < -0.4 is 9.46 Å². The first kappa shape index (κ1) is 32.5. The van der Waals surface area contributed by atoms with Gasteiger partial charge in [-0.2, -0.15) is 12.7 Å². The lowest BCUT2D eigenvalue weighted by Crippen LogP contribution is -2.79. The Morgan fingerprint density at radius 1 is 1.04 bits per heavy atom. The normalized spacial score (nSPS) is 29.5. The van der Waals surface area contributed by atoms with Crippen molar-refractivity contribution in [3.8, 4) is 17.0 Å². The summed E-state index contributed by atoms with van der Waals surface area (Å²) in [5, 5.41) is 1.06. The number of hydrogen-bond acceptors (Lipinski definition) is 7. The van der Waals surface area contributed by atoms with E-state index >= 15 is 0 Å². The minimum absolute atomic E-state index is 0.0652. The summed E-state index contributed by atoms with van der Waals surface area (Å²) in [6.07, 6.45) is 5.94. The number of nitrogens with zero attached hydrogens (tertiary/aromatic N) is 4. The van der Waals surface area contributed by atoms with Crippen LogP contribution in [0.25, 0.3) is 22.2 Å². The second-order valence-electron chi connectivity index (χ2n) is 15.5. The number of methoxy groups -OCH3 is 1. The summed E-state index contributed by atoms with van der Waals surface area (Å²) in [6, 6.07) is 12.5. The Labute approximate surface area is 294 Å². The zero-order valence-electron chi connectivity index (χ0n) is 29.4. The molecule has 266 valence electrons. The molecule has 2 aliphatic carbocycles. The average Bonchev–Trinajstić information content (AvgIpc) is 4.01. The molecule has 1 N–H and O–H groups in total. The number of fused-ring (bicyclic) bond motifs is 7. The number of benzene rings is 2. The zero-order valence-corrected chi connectivity index (χ0v) is 30.2. The van der Waals surface area contributed by atoms with E-state index in [-0.39, 0.29) is 41.9 Å². The monoisotopic (exact) mass is 701 g/mol. The lowest BCUT2D eigenvalue weighted by atomic mass is 9.82. The molecule has 2 saturated carbocycles. The number of carbonyl (C=O) groups excluding carboxylic acids is 2. The first-order chi connectivity index (χ1) is 24.1. The van der Waals surface area contributed by atoms with Gasteiger partial charge >= 0.3 is 10.2 Å². The molecule has 4 aliphatic heterocycles. The molecule has 5 heterocycles. The number of likely N-dealkylation sites (N-methyl/N-ethyl adjacent to an activating group) is 1. The third-order valence-electron chi connectivity index (χ3n) is 13.0. The summed E-state index contributed by atoms with van der Waals surface area (Å²) >= 11 is 0. The Kier molecular flexibility index (Phi) is 7.32. The standard InChI is InChI=1S/C38H47N5O6S/c1-5-7-23(8-6-2)33-27-11-9-24(35(44)39-50(46,47)41-13-15-49-16-14-41)17-30(27)42-22-37(36(45)43-31-20-38(31)32(43)21-40(38)3)19-29(37)28-18-25(48-4)10-12-26(28)34(33)42/h9-12,17-18,23,29,31-32H,5-8,13-16,19-22H2,1-4H3,(H,39,44). The first-order valence-corrected chi connectivity index (χ1v) is 19.8. The Hall–Kier alpha value is -3.45. The predicted octanol–water partition coefficient (Wildman–Crippen LogP) is 4.46. The fourth-order valence-corrected chi connectivity index (χ4v) is 11.4. The molecule has 6 aliphatic rings. The minimum Gasteiger partial charge on any atom is -0.497 e. The van der Waals surface area contributed by atoms with E-state index in [1.165, 1.54) is 9.87 Å². The number of ether oxygens (including phenoxy) is 2. The van der Waals surface area contributed by atoms with Crippen LogP contribution in [0.3, 0.4) is 0 Å². The van der Waals surface area contributed by atoms with Crippen molar-refractivity contribution in [2.75, 3.05) is 47.0 Å². The van der Waals surface area contributed by atoms with Crippen LogP contribution in [0.2, 0.25) is 0 Å². The second kappa shape index (κ2) is 11.3. The van der Waals surface area contributed by atoms with Crippen molar-refractivity contribution >= 4 is 32.9 Å². The Bertz CT molecular complexity index is 2030. The van der Waals surface area contributed by atoms with Gasteiger partial charge in [0.25, 0.3) is 5.91 Å². The molecule has 1 aromatic heterocycles. The molecule has 5 fully saturated rings. The lowest BCUT2D eigenvalue weighted by Gasteiger charge is -2.61. The molecule has 1 spiro atoms. The van der Waals surface area contributed by atoms with E-state index in [4.69, 9.17) is 9.47 Å². The maximum Gasteiger partial charge on any atom is 0.304 e. The van der Waals surface area contributed by atoms with E-state index < -0.39 is 21.5 Å². The predicted molar refractivity (Wildman–Crippen MR) is 189 cm³/mol. The van der Waals surface area contributed by atoms with Crippen molar-refractivity contribution in [3.63, 3.8) is 0 Å². The summed E-state index contributed by atoms with van der Waals surface area (Å²) in [5.41, 5.74) is 5.43. The molecule has 5 atom stereocenters. The minimum atomic E-state index is -4.03. The molecule has 12 heteroatoms. The number of rotatable bonds is 10. The Balaban J connectivity index is 1.19. The van der Waals surface area contributed by atoms with Gasteiger partial charge in [-0.25, -0.2) is 4.72 Å². The van der Waals surface area contributed by atoms with E-state index in [9.17, 15) is 18.0 Å². The van der Waals surface area contributed by atoms with Gasteiger partial charge in [0.2, 0.25) is 5.91 Å². The van der Waals surface area contributed by atoms with Gasteiger partial charge in [-0.1, -0.05) is 32.8 Å². The van der Waals surface area contributed by atoms with E-state index in [2.05, 4.69) is 52.1 Å². The van der Waals surface area contributed by atoms with Crippen molar-refractivity contribution in [2.24, 2.45) is 5.41 Å². The molecular weight excluding hydrogens is 655 g/mol. The van der Waals surface area contributed by atoms with Crippen LogP contribution in [0.4, 0.5) is 0 Å². The summed E-state index contributed by atoms with van der Waals surface area (Å²) in [5.74, 6) is 0.730. The Morgan fingerprint density at radius 3 is 2.46 bits per heavy atom. The van der Waals surface area contributed by atoms with E-state index in [1.54, 1.807) is 13.2 Å². The van der Waals surface area contributed by atoms with Crippen molar-refractivity contribution in [1.29, 1.82) is 0 Å². The largest absolute Gasteiger partial charge is 0.497 e. The molecular formula is C38H47N5O6S. The number of aromatic nitrogens is 1. The maximum absolute atomic E-state index is 14.9. The van der Waals surface area contributed by atoms with Crippen LogP contribution in [-0.4, -0.2) is 104 Å². The molecule has 50 heavy (non-hydrogen) atoms. The number of likely N-dealkylation sites (tertiary alicyclic amines) is 2. The van der Waals surface area contributed by atoms with Gasteiger partial charge in [-0.3, -0.25) is 14.5 Å². The third kappa shape index (κ3) is 4.40. The number of nitrogens with one attached hydrogen (secondary N) is 1. The summed E-state index contributed by atoms with van der Waals surface area (Å²) < 4.78 is 43.3. The lowest BCUT2D eigenvalue weighted by molar-refractivity contribution is -0.169. The number of morpholine rings is 1. The third-order valence-corrected chi connectivity index (χ3v) is 14.5. The number of hydrogen-bond donors (Lipinski definition) is 1. The fraction of sp³-hybridized carbons (Fsp3) is 0.579. The number of amides is 2. The van der Waals surface area contributed by atoms with Gasteiger partial charge in [0.05, 0.1) is 49.1 Å². The number of carbonyl (C=O) groups is 2. The van der Waals surface area contributed by atoms with Crippen molar-refractivity contribution in [1.82, 2.24) is 23.4 Å². The number of piperazine rings is 1. The Morgan fingerprint density at radius 2 is 1.80 bits per heavy atom. The van der Waals surface area contributed by atoms with Crippen molar-refractivity contribution in [3.05, 3.63) is 53.1 Å². The SMILES string of the molecule is CCCC(CCC)c1c2n(c3cc(C(=O)NS(=O)(=O)N4CCOCC4)ccc13)CC1(C(=O)N3C4CN(C)C45CC35)CC1c1cc(OC)ccc1-2. The van der Waals surface area contributed by atoms with Crippen LogP contribution in [0.15, 0.2) is 36.4 Å². The van der Waals surface area contributed by atoms with Crippen LogP contribution in [0.5, 0.6) is 5.75 Å². The quantitative estimate of drug-likeness (QED) is 0.332. The van der Waals surface area contributed by atoms with E-state index in [0.29, 0.717) is 31.8 Å². The van der Waals surface area contributed by atoms with Crippen LogP contribution in [0, 0.1) is 5.41 Å². The van der Waals surface area contributed by atoms with Crippen LogP contribution in [0.1, 0.15) is 85.7 Å². The highest BCUT2D eigenvalue weighted by Crippen LogP contribution is 2.71. The second-order valence-corrected chi connectivity index (χ2v) is 17.2. The summed E-state index contributed by atoms with van der Waals surface area (Å²) in [6.45, 7) is 6.88. The highest BCUT2D eigenvalue weighted by atomic mass is 32.2. The van der Waals surface area contributed by atoms with Crippen LogP contribution in [-0.2, 0) is 26.3 Å². The van der Waals surface area contributed by atoms with Crippen molar-refractivity contribution < 1.29 is 27.5 Å². The first-order valence-electron chi connectivity index (χ1n) is 18.4. The molecule has 2 aromatic carbocycles. The van der Waals surface area contributed by atoms with Crippen LogP contribution >= 0.6 is 0 Å². The molecule has 9 rings (SSSR count). The van der Waals surface area contributed by atoms with Crippen molar-refractivity contribution in [2.45, 2.75) is 88.4 Å². The molecule has 3 aromatic rings. The average molecular weight is 702 g/mol. The van der Waals surface area contributed by atoms with Gasteiger partial charge in [0, 0.05) is 54.1 Å². The van der Waals surface area contributed by atoms with E-state index in [1.807, 2.05) is 18.2 Å². The van der Waals surface area contributed by atoms with Gasteiger partial charge in [-0.05, 0) is 80.1 Å². The molecule has 2 amide bonds. The molecule has 11 nitrogen and oxygen atoms in total. The van der Waals surface area contributed by atoms with Gasteiger partial charge in [-0.15, -0.1) is 0 Å². The molecule has 0 bridgehead atoms. The highest BCUT2D eigenvalue weighted by Gasteiger charge is 2.83. The summed E-state index contributed by atoms with van der Waals surface area (Å²) in [4.78, 5) is 33.2. The van der Waals surface area contributed by atoms with Gasteiger partial charge in [0.1, 0.15) is 5.75 Å². The molecule has 0 radical (unpaired) electrons. The smallest absolute Gasteiger partial charge is 0.304 e. The maximum atomic E-state index is 14.9. The topological polar surface area (TPSA) is 113 Å². The van der Waals surface area contributed by atoms with Gasteiger partial charge < -0.3 is 18.9 Å². The molecule has 3 saturated heterocycles. The fourth-order valence-electron chi connectivity index (χ4n) is 10.3. The van der Waals surface area contributed by atoms with E-state index in [0.717, 1.165) is 78.5 Å². The zero-order chi connectivity index (χ0) is 34.7. The van der Waals surface area contributed by atoms with Gasteiger partial charge in [0.15, 0.2) is 0 Å². The summed E-state index contributed by atoms with van der Waals surface area (Å²) in [7, 11) is -0.170.